The highest BCUT2D eigenvalue weighted by Crippen LogP contribution is 2.38. The van der Waals surface area contributed by atoms with Crippen molar-refractivity contribution in [1.29, 1.82) is 0 Å². The number of thiazole rings is 1. The van der Waals surface area contributed by atoms with Crippen LogP contribution in [0.5, 0.6) is 17.2 Å². The van der Waals surface area contributed by atoms with Gasteiger partial charge in [0.05, 0.1) is 18.8 Å². The number of esters is 1. The van der Waals surface area contributed by atoms with Gasteiger partial charge in [0.1, 0.15) is 6.33 Å². The monoisotopic (exact) mass is 347 g/mol. The molecule has 0 unspecified atom stereocenters. The van der Waals surface area contributed by atoms with E-state index in [2.05, 4.69) is 10.1 Å². The molecule has 8 nitrogen and oxygen atoms in total. The lowest BCUT2D eigenvalue weighted by atomic mass is 10.1. The minimum Gasteiger partial charge on any atom is -0.493 e. The van der Waals surface area contributed by atoms with Crippen molar-refractivity contribution >= 4 is 28.3 Å². The molecule has 0 aliphatic carbocycles. The number of methoxy groups -OCH3 is 2. The number of carbonyl (C=O) groups excluding carboxylic acids is 1. The van der Waals surface area contributed by atoms with Gasteiger partial charge in [-0.05, 0) is 23.8 Å². The van der Waals surface area contributed by atoms with Crippen LogP contribution in [0.25, 0.3) is 11.0 Å². The number of benzene rings is 1. The van der Waals surface area contributed by atoms with Crippen LogP contribution in [0.4, 0.5) is 0 Å². The second-order valence-electron chi connectivity index (χ2n) is 4.72. The van der Waals surface area contributed by atoms with Gasteiger partial charge < -0.3 is 14.2 Å². The van der Waals surface area contributed by atoms with Crippen LogP contribution in [0.2, 0.25) is 0 Å². The summed E-state index contributed by atoms with van der Waals surface area (Å²) in [5.41, 5.74) is 0.399. The highest BCUT2D eigenvalue weighted by Gasteiger charge is 2.16. The zero-order chi connectivity index (χ0) is 17.3. The predicted molar refractivity (Wildman–Crippen MR) is 86.8 cm³/mol. The van der Waals surface area contributed by atoms with Crippen LogP contribution in [0.15, 0.2) is 23.3 Å². The molecule has 0 radical (unpaired) electrons. The van der Waals surface area contributed by atoms with Gasteiger partial charge in [0.2, 0.25) is 10.7 Å². The summed E-state index contributed by atoms with van der Waals surface area (Å²) in [6.07, 6.45) is 3.00. The minimum absolute atomic E-state index is 0.189. The van der Waals surface area contributed by atoms with E-state index in [0.29, 0.717) is 26.6 Å². The lowest BCUT2D eigenvalue weighted by Crippen LogP contribution is -2.23. The van der Waals surface area contributed by atoms with Crippen molar-refractivity contribution in [3.63, 3.8) is 0 Å². The molecule has 0 fully saturated rings. The van der Waals surface area contributed by atoms with E-state index in [4.69, 9.17) is 14.2 Å². The Balaban J connectivity index is 2.16. The molecule has 0 bridgehead atoms. The van der Waals surface area contributed by atoms with E-state index in [0.717, 1.165) is 0 Å². The summed E-state index contributed by atoms with van der Waals surface area (Å²) >= 11 is 1.22. The molecule has 0 amide bonds. The SMILES string of the molecule is COc1cc(/C=c2\sc3ncnn3c2=O)cc(OC)c1OC(C)=O. The van der Waals surface area contributed by atoms with Gasteiger partial charge in [0, 0.05) is 6.92 Å². The highest BCUT2D eigenvalue weighted by molar-refractivity contribution is 7.15. The summed E-state index contributed by atoms with van der Waals surface area (Å²) < 4.78 is 17.4. The van der Waals surface area contributed by atoms with Gasteiger partial charge in [0.25, 0.3) is 5.56 Å². The largest absolute Gasteiger partial charge is 0.493 e. The van der Waals surface area contributed by atoms with E-state index >= 15 is 0 Å². The van der Waals surface area contributed by atoms with Crippen molar-refractivity contribution in [1.82, 2.24) is 14.6 Å². The normalized spacial score (nSPS) is 11.7. The number of hydrogen-bond donors (Lipinski definition) is 0. The Kier molecular flexibility index (Phi) is 4.17. The summed E-state index contributed by atoms with van der Waals surface area (Å²) in [6, 6.07) is 3.30. The number of ether oxygens (including phenoxy) is 3. The third-order valence-electron chi connectivity index (χ3n) is 3.15. The number of rotatable bonds is 4. The molecule has 0 saturated carbocycles. The third kappa shape index (κ3) is 2.81. The molecule has 0 N–H and O–H groups in total. The van der Waals surface area contributed by atoms with E-state index in [1.807, 2.05) is 0 Å². The molecule has 0 atom stereocenters. The first-order valence-corrected chi connectivity index (χ1v) is 7.64. The van der Waals surface area contributed by atoms with Gasteiger partial charge in [0.15, 0.2) is 11.5 Å². The fourth-order valence-corrected chi connectivity index (χ4v) is 3.04. The Morgan fingerprint density at radius 1 is 1.25 bits per heavy atom. The van der Waals surface area contributed by atoms with Crippen LogP contribution >= 0.6 is 11.3 Å². The fourth-order valence-electron chi connectivity index (χ4n) is 2.16. The molecule has 1 aromatic carbocycles. The van der Waals surface area contributed by atoms with Crippen molar-refractivity contribution in [3.8, 4) is 17.2 Å². The second-order valence-corrected chi connectivity index (χ2v) is 5.73. The molecule has 2 heterocycles. The van der Waals surface area contributed by atoms with Crippen molar-refractivity contribution in [3.05, 3.63) is 38.9 Å². The maximum atomic E-state index is 12.2. The maximum absolute atomic E-state index is 12.2. The molecule has 9 heteroatoms. The Morgan fingerprint density at radius 2 is 1.92 bits per heavy atom. The Morgan fingerprint density at radius 3 is 2.46 bits per heavy atom. The van der Waals surface area contributed by atoms with Gasteiger partial charge in [-0.15, -0.1) is 0 Å². The molecule has 3 aromatic rings. The van der Waals surface area contributed by atoms with Gasteiger partial charge in [-0.3, -0.25) is 9.59 Å². The maximum Gasteiger partial charge on any atom is 0.308 e. The molecule has 0 spiro atoms. The number of aromatic nitrogens is 3. The summed E-state index contributed by atoms with van der Waals surface area (Å²) in [6.45, 7) is 1.29. The van der Waals surface area contributed by atoms with E-state index in [9.17, 15) is 9.59 Å². The van der Waals surface area contributed by atoms with Crippen molar-refractivity contribution < 1.29 is 19.0 Å². The number of carbonyl (C=O) groups is 1. The molecule has 124 valence electrons. The Hall–Kier alpha value is -2.94. The average molecular weight is 347 g/mol. The molecule has 0 saturated heterocycles. The Bertz CT molecular complexity index is 999. The Labute approximate surface area is 139 Å². The van der Waals surface area contributed by atoms with E-state index in [1.54, 1.807) is 18.2 Å². The van der Waals surface area contributed by atoms with Crippen LogP contribution in [-0.4, -0.2) is 34.8 Å². The van der Waals surface area contributed by atoms with E-state index in [1.165, 1.54) is 43.3 Å². The first-order valence-electron chi connectivity index (χ1n) is 6.82. The lowest BCUT2D eigenvalue weighted by Gasteiger charge is -2.13. The van der Waals surface area contributed by atoms with Crippen LogP contribution in [0, 0.1) is 0 Å². The third-order valence-corrected chi connectivity index (χ3v) is 4.12. The van der Waals surface area contributed by atoms with Crippen LogP contribution in [0.1, 0.15) is 12.5 Å². The summed E-state index contributed by atoms with van der Waals surface area (Å²) in [4.78, 5) is 28.0. The van der Waals surface area contributed by atoms with Gasteiger partial charge >= 0.3 is 5.97 Å². The predicted octanol–water partition coefficient (Wildman–Crippen LogP) is 0.641. The molecule has 24 heavy (non-hydrogen) atoms. The standard InChI is InChI=1S/C15H13N3O5S/c1-8(19)23-13-10(21-2)4-9(5-11(13)22-3)6-12-14(20)18-15(24-12)16-7-17-18/h4-7H,1-3H3/b12-6-. The number of hydrogen-bond acceptors (Lipinski definition) is 8. The average Bonchev–Trinajstić information content (AvgIpc) is 3.12. The molecule has 3 rings (SSSR count). The van der Waals surface area contributed by atoms with Crippen LogP contribution in [-0.2, 0) is 4.79 Å². The number of fused-ring (bicyclic) bond motifs is 1. The fraction of sp³-hybridized carbons (Fsp3) is 0.200. The molecular weight excluding hydrogens is 334 g/mol. The summed E-state index contributed by atoms with van der Waals surface area (Å²) in [7, 11) is 2.90. The highest BCUT2D eigenvalue weighted by atomic mass is 32.1. The quantitative estimate of drug-likeness (QED) is 0.505. The van der Waals surface area contributed by atoms with E-state index in [-0.39, 0.29) is 11.3 Å². The molecule has 0 aliphatic heterocycles. The van der Waals surface area contributed by atoms with Gasteiger partial charge in [-0.1, -0.05) is 11.3 Å². The smallest absolute Gasteiger partial charge is 0.308 e. The lowest BCUT2D eigenvalue weighted by molar-refractivity contribution is -0.132. The van der Waals surface area contributed by atoms with Gasteiger partial charge in [-0.25, -0.2) is 4.98 Å². The van der Waals surface area contributed by atoms with Crippen LogP contribution < -0.4 is 24.3 Å². The zero-order valence-corrected chi connectivity index (χ0v) is 13.9. The topological polar surface area (TPSA) is 92.0 Å². The first kappa shape index (κ1) is 15.9. The number of nitrogens with zero attached hydrogens (tertiary/aromatic N) is 3. The first-order chi connectivity index (χ1) is 11.5. The van der Waals surface area contributed by atoms with Crippen molar-refractivity contribution in [2.24, 2.45) is 0 Å². The molecule has 2 aromatic heterocycles. The van der Waals surface area contributed by atoms with E-state index < -0.39 is 5.97 Å². The van der Waals surface area contributed by atoms with Crippen molar-refractivity contribution in [2.45, 2.75) is 6.92 Å². The van der Waals surface area contributed by atoms with Crippen LogP contribution in [0.3, 0.4) is 0 Å². The molecular formula is C15H13N3O5S. The van der Waals surface area contributed by atoms with Gasteiger partial charge in [-0.2, -0.15) is 9.61 Å². The zero-order valence-electron chi connectivity index (χ0n) is 13.1. The minimum atomic E-state index is -0.490. The molecule has 0 aliphatic rings. The van der Waals surface area contributed by atoms with Crippen molar-refractivity contribution in [2.75, 3.05) is 14.2 Å². The summed E-state index contributed by atoms with van der Waals surface area (Å²) in [5.74, 6) is 0.343. The second kappa shape index (κ2) is 6.28. The summed E-state index contributed by atoms with van der Waals surface area (Å²) in [5, 5.41) is 3.87.